The number of nitrogens with zero attached hydrogens (tertiary/aromatic N) is 1. The molecule has 0 aromatic heterocycles. The van der Waals surface area contributed by atoms with Gasteiger partial charge < -0.3 is 5.11 Å². The number of nitrogens with one attached hydrogen (secondary N) is 2. The molecular weight excluding hydrogens is 178 g/mol. The van der Waals surface area contributed by atoms with E-state index in [1.165, 1.54) is 0 Å². The molecule has 1 rings (SSSR count). The molecule has 0 saturated carbocycles. The van der Waals surface area contributed by atoms with Crippen molar-refractivity contribution in [1.82, 2.24) is 15.8 Å². The Bertz CT molecular complexity index is 186. The van der Waals surface area contributed by atoms with Crippen LogP contribution in [-0.4, -0.2) is 35.5 Å². The van der Waals surface area contributed by atoms with Gasteiger partial charge in [-0.3, -0.25) is 10.3 Å². The van der Waals surface area contributed by atoms with E-state index in [1.807, 2.05) is 17.9 Å². The van der Waals surface area contributed by atoms with E-state index < -0.39 is 5.72 Å². The maximum Gasteiger partial charge on any atom is 0.120 e. The van der Waals surface area contributed by atoms with E-state index in [0.717, 1.165) is 19.5 Å². The minimum Gasteiger partial charge on any atom is -0.376 e. The van der Waals surface area contributed by atoms with Crippen molar-refractivity contribution in [2.24, 2.45) is 0 Å². The van der Waals surface area contributed by atoms with Crippen molar-refractivity contribution < 1.29 is 5.11 Å². The number of rotatable bonds is 4. The highest BCUT2D eigenvalue weighted by Crippen LogP contribution is 2.16. The molecule has 4 heteroatoms. The van der Waals surface area contributed by atoms with E-state index in [2.05, 4.69) is 23.9 Å². The van der Waals surface area contributed by atoms with Crippen molar-refractivity contribution in [3.05, 3.63) is 12.2 Å². The number of hydrazine groups is 1. The lowest BCUT2D eigenvalue weighted by atomic mass is 10.1. The molecule has 0 radical (unpaired) electrons. The van der Waals surface area contributed by atoms with Gasteiger partial charge in [0, 0.05) is 19.5 Å². The zero-order valence-electron chi connectivity index (χ0n) is 9.08. The quantitative estimate of drug-likeness (QED) is 0.574. The molecule has 0 aromatic rings. The molecule has 1 saturated heterocycles. The third-order valence-electron chi connectivity index (χ3n) is 2.49. The molecule has 0 aromatic carbocycles. The van der Waals surface area contributed by atoms with Crippen LogP contribution in [0.4, 0.5) is 0 Å². The van der Waals surface area contributed by atoms with Crippen LogP contribution < -0.4 is 10.9 Å². The lowest BCUT2D eigenvalue weighted by Gasteiger charge is -2.39. The molecule has 82 valence electrons. The van der Waals surface area contributed by atoms with E-state index in [9.17, 15) is 5.11 Å². The maximum atomic E-state index is 10.2. The molecule has 3 N–H and O–H groups in total. The van der Waals surface area contributed by atoms with Crippen molar-refractivity contribution in [1.29, 1.82) is 0 Å². The van der Waals surface area contributed by atoms with Gasteiger partial charge in [-0.1, -0.05) is 19.1 Å². The van der Waals surface area contributed by atoms with Crippen molar-refractivity contribution in [2.75, 3.05) is 19.8 Å². The van der Waals surface area contributed by atoms with Crippen LogP contribution in [0.15, 0.2) is 12.2 Å². The Kier molecular flexibility index (Phi) is 4.54. The zero-order valence-corrected chi connectivity index (χ0v) is 9.08. The van der Waals surface area contributed by atoms with Gasteiger partial charge in [0.15, 0.2) is 0 Å². The van der Waals surface area contributed by atoms with Gasteiger partial charge in [0.2, 0.25) is 0 Å². The van der Waals surface area contributed by atoms with E-state index in [4.69, 9.17) is 0 Å². The van der Waals surface area contributed by atoms with Crippen molar-refractivity contribution in [3.8, 4) is 0 Å². The van der Waals surface area contributed by atoms with Crippen LogP contribution in [0.25, 0.3) is 0 Å². The number of hydrogen-bond acceptors (Lipinski definition) is 4. The van der Waals surface area contributed by atoms with E-state index >= 15 is 0 Å². The van der Waals surface area contributed by atoms with Crippen LogP contribution in [0.2, 0.25) is 0 Å². The third kappa shape index (κ3) is 3.38. The molecule has 0 spiro atoms. The van der Waals surface area contributed by atoms with Crippen LogP contribution in [0.1, 0.15) is 26.7 Å². The lowest BCUT2D eigenvalue weighted by Crippen LogP contribution is -2.59. The third-order valence-corrected chi connectivity index (χ3v) is 2.49. The first-order valence-electron chi connectivity index (χ1n) is 5.25. The minimum absolute atomic E-state index is 0.683. The largest absolute Gasteiger partial charge is 0.376 e. The second-order valence-electron chi connectivity index (χ2n) is 3.83. The highest BCUT2D eigenvalue weighted by atomic mass is 16.3. The lowest BCUT2D eigenvalue weighted by molar-refractivity contribution is -0.104. The molecule has 0 amide bonds. The highest BCUT2D eigenvalue weighted by molar-refractivity contribution is 4.89. The van der Waals surface area contributed by atoms with Gasteiger partial charge in [-0.2, -0.15) is 0 Å². The number of aliphatic hydroxyl groups is 1. The maximum absolute atomic E-state index is 10.2. The van der Waals surface area contributed by atoms with Crippen LogP contribution in [0.5, 0.6) is 0 Å². The molecule has 4 nitrogen and oxygen atoms in total. The first-order valence-corrected chi connectivity index (χ1v) is 5.25. The first kappa shape index (κ1) is 11.7. The standard InChI is InChI=1S/C10H21N3O/c1-3-4-5-6-10(2,14)13-8-7-11-12-9-13/h4-5,11-12,14H,3,6-9H2,1-2H3/b5-4-. The van der Waals surface area contributed by atoms with Gasteiger partial charge in [-0.05, 0) is 13.3 Å². The molecule has 1 fully saturated rings. The fourth-order valence-electron chi connectivity index (χ4n) is 1.52. The summed E-state index contributed by atoms with van der Waals surface area (Å²) in [7, 11) is 0. The van der Waals surface area contributed by atoms with Gasteiger partial charge in [0.1, 0.15) is 5.72 Å². The first-order chi connectivity index (χ1) is 6.67. The van der Waals surface area contributed by atoms with E-state index in [-0.39, 0.29) is 0 Å². The summed E-state index contributed by atoms with van der Waals surface area (Å²) in [5.74, 6) is 0. The summed E-state index contributed by atoms with van der Waals surface area (Å²) in [5, 5.41) is 10.2. The van der Waals surface area contributed by atoms with Gasteiger partial charge in [-0.15, -0.1) is 0 Å². The number of allylic oxidation sites excluding steroid dienone is 1. The summed E-state index contributed by atoms with van der Waals surface area (Å²) in [6.07, 6.45) is 5.84. The van der Waals surface area contributed by atoms with Crippen molar-refractivity contribution in [2.45, 2.75) is 32.4 Å². The summed E-state index contributed by atoms with van der Waals surface area (Å²) in [4.78, 5) is 2.03. The minimum atomic E-state index is -0.735. The predicted molar refractivity (Wildman–Crippen MR) is 57.4 cm³/mol. The van der Waals surface area contributed by atoms with E-state index in [1.54, 1.807) is 0 Å². The molecule has 1 atom stereocenters. The molecule has 14 heavy (non-hydrogen) atoms. The fourth-order valence-corrected chi connectivity index (χ4v) is 1.52. The van der Waals surface area contributed by atoms with Crippen LogP contribution in [0, 0.1) is 0 Å². The van der Waals surface area contributed by atoms with E-state index in [0.29, 0.717) is 13.1 Å². The summed E-state index contributed by atoms with van der Waals surface area (Å²) in [6.45, 7) is 6.39. The molecular formula is C10H21N3O. The predicted octanol–water partition coefficient (Wildman–Crippen LogP) is 0.418. The Balaban J connectivity index is 2.41. The topological polar surface area (TPSA) is 47.5 Å². The van der Waals surface area contributed by atoms with Gasteiger partial charge in [-0.25, -0.2) is 5.43 Å². The monoisotopic (exact) mass is 199 g/mol. The van der Waals surface area contributed by atoms with Crippen LogP contribution in [-0.2, 0) is 0 Å². The Morgan fingerprint density at radius 2 is 2.21 bits per heavy atom. The normalized spacial score (nSPS) is 23.9. The average Bonchev–Trinajstić information content (AvgIpc) is 2.19. The van der Waals surface area contributed by atoms with Crippen LogP contribution >= 0.6 is 0 Å². The highest BCUT2D eigenvalue weighted by Gasteiger charge is 2.28. The van der Waals surface area contributed by atoms with Crippen LogP contribution in [0.3, 0.4) is 0 Å². The Morgan fingerprint density at radius 3 is 2.79 bits per heavy atom. The van der Waals surface area contributed by atoms with Crippen molar-refractivity contribution in [3.63, 3.8) is 0 Å². The van der Waals surface area contributed by atoms with Gasteiger partial charge >= 0.3 is 0 Å². The Morgan fingerprint density at radius 1 is 1.43 bits per heavy atom. The Labute approximate surface area is 86.0 Å². The van der Waals surface area contributed by atoms with Gasteiger partial charge in [0.25, 0.3) is 0 Å². The average molecular weight is 199 g/mol. The molecule has 0 aliphatic carbocycles. The summed E-state index contributed by atoms with van der Waals surface area (Å²) >= 11 is 0. The summed E-state index contributed by atoms with van der Waals surface area (Å²) < 4.78 is 0. The molecule has 1 heterocycles. The summed E-state index contributed by atoms with van der Waals surface area (Å²) in [6, 6.07) is 0. The molecule has 1 unspecified atom stereocenters. The second kappa shape index (κ2) is 5.46. The molecule has 1 aliphatic heterocycles. The zero-order chi connectivity index (χ0) is 10.4. The Hall–Kier alpha value is -0.420. The van der Waals surface area contributed by atoms with Gasteiger partial charge in [0.05, 0.1) is 6.67 Å². The smallest absolute Gasteiger partial charge is 0.120 e. The van der Waals surface area contributed by atoms with Crippen molar-refractivity contribution >= 4 is 0 Å². The molecule has 1 aliphatic rings. The number of hydrogen-bond donors (Lipinski definition) is 3. The SMILES string of the molecule is CC/C=C\CC(C)(O)N1CCNNC1. The molecule has 0 bridgehead atoms. The second-order valence-corrected chi connectivity index (χ2v) is 3.83. The fraction of sp³-hybridized carbons (Fsp3) is 0.800. The summed E-state index contributed by atoms with van der Waals surface area (Å²) in [5.41, 5.74) is 5.32.